The topological polar surface area (TPSA) is 41.8 Å². The normalized spacial score (nSPS) is 25.1. The van der Waals surface area contributed by atoms with Crippen LogP contribution in [0, 0.1) is 28.6 Å². The van der Waals surface area contributed by atoms with Crippen molar-refractivity contribution in [2.24, 2.45) is 38.8 Å². The van der Waals surface area contributed by atoms with Crippen LogP contribution >= 0.6 is 0 Å². The lowest BCUT2D eigenvalue weighted by Gasteiger charge is -2.38. The summed E-state index contributed by atoms with van der Waals surface area (Å²) in [6, 6.07) is 8.53. The van der Waals surface area contributed by atoms with Crippen LogP contribution in [0.15, 0.2) is 34.5 Å². The lowest BCUT2D eigenvalue weighted by atomic mass is 9.68. The van der Waals surface area contributed by atoms with E-state index >= 15 is 0 Å². The van der Waals surface area contributed by atoms with Crippen molar-refractivity contribution in [3.05, 3.63) is 35.4 Å². The number of Topliss-reactive ketones (excluding diaryl/α,β-unsaturated/α-hetero) is 1. The van der Waals surface area contributed by atoms with Crippen molar-refractivity contribution in [3.63, 3.8) is 0 Å². The molecule has 0 N–H and O–H groups in total. The SMILES string of the molecule is CC1=NN=C(c2ccc(CC(=O)CC(C)(C)C)cc2)C2CCCC(C(C)(C)C)CCC12. The van der Waals surface area contributed by atoms with E-state index in [9.17, 15) is 4.79 Å². The van der Waals surface area contributed by atoms with Crippen molar-refractivity contribution < 1.29 is 4.79 Å². The third kappa shape index (κ3) is 6.37. The van der Waals surface area contributed by atoms with E-state index in [1.54, 1.807) is 0 Å². The van der Waals surface area contributed by atoms with Gasteiger partial charge < -0.3 is 0 Å². The van der Waals surface area contributed by atoms with Gasteiger partial charge in [0.15, 0.2) is 0 Å². The maximum atomic E-state index is 12.4. The molecule has 1 aromatic carbocycles. The van der Waals surface area contributed by atoms with Crippen LogP contribution in [0.3, 0.4) is 0 Å². The molecule has 3 atom stereocenters. The first kappa shape index (κ1) is 23.9. The third-order valence-corrected chi connectivity index (χ3v) is 7.19. The van der Waals surface area contributed by atoms with Crippen LogP contribution in [-0.4, -0.2) is 17.2 Å². The number of fused-ring (bicyclic) bond motifs is 1. The quantitative estimate of drug-likeness (QED) is 0.503. The molecule has 3 heteroatoms. The molecule has 3 nitrogen and oxygen atoms in total. The van der Waals surface area contributed by atoms with Gasteiger partial charge in [-0.05, 0) is 60.5 Å². The number of carbonyl (C=O) groups excluding carboxylic acids is 1. The van der Waals surface area contributed by atoms with Crippen molar-refractivity contribution >= 4 is 17.2 Å². The number of carbonyl (C=O) groups is 1. The van der Waals surface area contributed by atoms with Crippen LogP contribution in [0.2, 0.25) is 0 Å². The summed E-state index contributed by atoms with van der Waals surface area (Å²) in [5, 5.41) is 9.28. The van der Waals surface area contributed by atoms with Crippen molar-refractivity contribution in [1.29, 1.82) is 0 Å². The Labute approximate surface area is 189 Å². The Bertz CT molecular complexity index is 833. The van der Waals surface area contributed by atoms with Crippen LogP contribution in [0.25, 0.3) is 0 Å². The molecule has 1 saturated carbocycles. The number of hydrogen-bond acceptors (Lipinski definition) is 3. The van der Waals surface area contributed by atoms with E-state index in [1.165, 1.54) is 43.4 Å². The summed E-state index contributed by atoms with van der Waals surface area (Å²) >= 11 is 0. The van der Waals surface area contributed by atoms with Gasteiger partial charge in [-0.15, -0.1) is 0 Å². The first-order valence-electron chi connectivity index (χ1n) is 12.2. The smallest absolute Gasteiger partial charge is 0.137 e. The monoisotopic (exact) mass is 422 g/mol. The second-order valence-electron chi connectivity index (χ2n) is 12.2. The van der Waals surface area contributed by atoms with E-state index in [-0.39, 0.29) is 5.41 Å². The van der Waals surface area contributed by atoms with Gasteiger partial charge in [-0.3, -0.25) is 4.79 Å². The molecule has 0 spiro atoms. The minimum absolute atomic E-state index is 0.0446. The van der Waals surface area contributed by atoms with Gasteiger partial charge in [-0.2, -0.15) is 10.2 Å². The van der Waals surface area contributed by atoms with E-state index in [0.29, 0.717) is 35.9 Å². The molecule has 170 valence electrons. The maximum absolute atomic E-state index is 12.4. The molecule has 0 aromatic heterocycles. The van der Waals surface area contributed by atoms with Crippen molar-refractivity contribution in [2.75, 3.05) is 0 Å². The number of hydrogen-bond donors (Lipinski definition) is 0. The highest BCUT2D eigenvalue weighted by molar-refractivity contribution is 6.06. The van der Waals surface area contributed by atoms with Gasteiger partial charge in [-0.25, -0.2) is 0 Å². The Morgan fingerprint density at radius 2 is 1.58 bits per heavy atom. The summed E-state index contributed by atoms with van der Waals surface area (Å²) in [5.74, 6) is 2.06. The minimum Gasteiger partial charge on any atom is -0.299 e. The maximum Gasteiger partial charge on any atom is 0.137 e. The first-order valence-corrected chi connectivity index (χ1v) is 12.2. The Hall–Kier alpha value is -1.77. The standard InChI is InChI=1S/C28H42N2O/c1-19-24-16-15-22(28(5,6)7)9-8-10-25(24)26(30-29-19)21-13-11-20(12-14-21)17-23(31)18-27(2,3)4/h11-14,22,24-25H,8-10,15-18H2,1-7H3. The molecule has 3 unspecified atom stereocenters. The fourth-order valence-corrected chi connectivity index (χ4v) is 5.43. The average Bonchev–Trinajstić information content (AvgIpc) is 2.61. The molecule has 31 heavy (non-hydrogen) atoms. The molecule has 0 amide bonds. The van der Waals surface area contributed by atoms with Crippen LogP contribution in [0.5, 0.6) is 0 Å². The van der Waals surface area contributed by atoms with Gasteiger partial charge in [0, 0.05) is 30.4 Å². The van der Waals surface area contributed by atoms with Gasteiger partial charge >= 0.3 is 0 Å². The fourth-order valence-electron chi connectivity index (χ4n) is 5.43. The van der Waals surface area contributed by atoms with Crippen LogP contribution in [0.1, 0.15) is 98.1 Å². The summed E-state index contributed by atoms with van der Waals surface area (Å²) in [7, 11) is 0. The van der Waals surface area contributed by atoms with Gasteiger partial charge in [-0.1, -0.05) is 72.2 Å². The van der Waals surface area contributed by atoms with Gasteiger partial charge in [0.05, 0.1) is 5.71 Å². The zero-order valence-corrected chi connectivity index (χ0v) is 20.8. The fraction of sp³-hybridized carbons (Fsp3) is 0.679. The molecule has 1 heterocycles. The second-order valence-corrected chi connectivity index (χ2v) is 12.2. The summed E-state index contributed by atoms with van der Waals surface area (Å²) in [4.78, 5) is 12.4. The third-order valence-electron chi connectivity index (χ3n) is 7.19. The van der Waals surface area contributed by atoms with E-state index in [1.807, 2.05) is 0 Å². The average molecular weight is 423 g/mol. The van der Waals surface area contributed by atoms with Gasteiger partial charge in [0.1, 0.15) is 5.78 Å². The molecule has 1 fully saturated rings. The minimum atomic E-state index is 0.0446. The molecule has 2 aliphatic rings. The lowest BCUT2D eigenvalue weighted by Crippen LogP contribution is -2.35. The second kappa shape index (κ2) is 9.38. The molecule has 1 aliphatic carbocycles. The largest absolute Gasteiger partial charge is 0.299 e. The Kier molecular flexibility index (Phi) is 7.23. The summed E-state index contributed by atoms with van der Waals surface area (Å²) in [6.07, 6.45) is 7.38. The molecule has 1 aromatic rings. The molecular formula is C28H42N2O. The molecule has 0 bridgehead atoms. The zero-order valence-electron chi connectivity index (χ0n) is 20.8. The first-order chi connectivity index (χ1) is 14.4. The van der Waals surface area contributed by atoms with E-state index in [2.05, 4.69) is 82.9 Å². The van der Waals surface area contributed by atoms with E-state index in [0.717, 1.165) is 17.2 Å². The summed E-state index contributed by atoms with van der Waals surface area (Å²) in [6.45, 7) is 15.7. The summed E-state index contributed by atoms with van der Waals surface area (Å²) in [5.41, 5.74) is 5.04. The zero-order chi connectivity index (χ0) is 22.8. The number of benzene rings is 1. The molecule has 0 saturated heterocycles. The predicted octanol–water partition coefficient (Wildman–Crippen LogP) is 7.27. The molecular weight excluding hydrogens is 380 g/mol. The summed E-state index contributed by atoms with van der Waals surface area (Å²) < 4.78 is 0. The van der Waals surface area contributed by atoms with Crippen LogP contribution < -0.4 is 0 Å². The van der Waals surface area contributed by atoms with E-state index in [4.69, 9.17) is 0 Å². The Morgan fingerprint density at radius 3 is 2.19 bits per heavy atom. The highest BCUT2D eigenvalue weighted by Crippen LogP contribution is 2.41. The molecule has 0 radical (unpaired) electrons. The van der Waals surface area contributed by atoms with E-state index < -0.39 is 0 Å². The molecule has 1 aliphatic heterocycles. The Balaban J connectivity index is 1.73. The number of nitrogens with zero attached hydrogens (tertiary/aromatic N) is 2. The van der Waals surface area contributed by atoms with Gasteiger partial charge in [0.2, 0.25) is 0 Å². The van der Waals surface area contributed by atoms with Crippen molar-refractivity contribution in [3.8, 4) is 0 Å². The van der Waals surface area contributed by atoms with Gasteiger partial charge in [0.25, 0.3) is 0 Å². The highest BCUT2D eigenvalue weighted by atomic mass is 16.1. The number of ketones is 1. The van der Waals surface area contributed by atoms with Crippen molar-refractivity contribution in [2.45, 2.75) is 93.4 Å². The van der Waals surface area contributed by atoms with Crippen LogP contribution in [-0.2, 0) is 11.2 Å². The highest BCUT2D eigenvalue weighted by Gasteiger charge is 2.36. The lowest BCUT2D eigenvalue weighted by molar-refractivity contribution is -0.120. The Morgan fingerprint density at radius 1 is 0.903 bits per heavy atom. The molecule has 3 rings (SSSR count). The number of rotatable bonds is 4. The van der Waals surface area contributed by atoms with Crippen LogP contribution in [0.4, 0.5) is 0 Å². The predicted molar refractivity (Wildman–Crippen MR) is 132 cm³/mol. The van der Waals surface area contributed by atoms with Crippen molar-refractivity contribution in [1.82, 2.24) is 0 Å².